The zero-order valence-electron chi connectivity index (χ0n) is 64.8. The number of anilines is 2. The van der Waals surface area contributed by atoms with Gasteiger partial charge in [-0.15, -0.1) is 0 Å². The van der Waals surface area contributed by atoms with Gasteiger partial charge in [0.15, 0.2) is 5.11 Å². The Balaban J connectivity index is 1.23. The number of hydrogen-bond donors (Lipinski definition) is 19. The molecule has 5 atom stereocenters. The normalized spacial score (nSPS) is 14.9. The minimum absolute atomic E-state index is 0.0268. The molecule has 0 bridgehead atoms. The van der Waals surface area contributed by atoms with E-state index >= 15 is 0 Å². The Bertz CT molecular complexity index is 3720. The number of aliphatic carboxylic acids is 4. The van der Waals surface area contributed by atoms with Crippen molar-refractivity contribution in [3.8, 4) is 0 Å². The fourth-order valence-corrected chi connectivity index (χ4v) is 12.4. The molecule has 0 aromatic heterocycles. The highest BCUT2D eigenvalue weighted by atomic mass is 127. The van der Waals surface area contributed by atoms with Crippen LogP contribution < -0.4 is 76.1 Å². The third-order valence-electron chi connectivity index (χ3n) is 17.8. The first kappa shape index (κ1) is 98.0. The lowest BCUT2D eigenvalue weighted by atomic mass is 10.0. The van der Waals surface area contributed by atoms with Crippen molar-refractivity contribution in [2.24, 2.45) is 28.0 Å². The molecule has 42 heteroatoms. The number of urea groups is 2. The van der Waals surface area contributed by atoms with Crippen molar-refractivity contribution in [3.63, 3.8) is 0 Å². The molecule has 3 aromatic carbocycles. The van der Waals surface area contributed by atoms with Crippen LogP contribution in [0.2, 0.25) is 0 Å². The van der Waals surface area contributed by atoms with E-state index in [1.54, 1.807) is 24.3 Å². The van der Waals surface area contributed by atoms with Crippen LogP contribution in [0.4, 0.5) is 21.0 Å². The average Bonchev–Trinajstić information content (AvgIpc) is 0.854. The third kappa shape index (κ3) is 43.9. The number of unbranched alkanes of at least 4 members (excludes halogenated alkanes) is 3. The number of carboxylic acid groups (broad SMARTS) is 4. The standard InChI is InChI=1S/C74H111IN20O20S/c75-52-17-13-50(14-18-52)41-66(101)82-24-4-2-11-57(69(105)106)88-68(104)56(10-1-6-26-84-74(116)86-53-19-15-49(16-20-53)40-55-44-94(47-63(78)98)31-30-92(45-61(76)96)28-29-93(46-62(77)97)32-33-95(55)48-64(79)99)87-65(100)23-34-113-36-38-115-39-37-114-35-27-81-43-60(91-80)51-8-7-9-54(42-51)85-72(111)83-25-5-3-12-58(70(107)108)89-73(112)90-59(71(109)110)21-22-67(102)103/h7-9,13-20,42-43,55-59,80-81H,1-6,10-12,21-41,44-48H2,(H2,76,96)(H2,77,97)(H2,78,98)(H2,79,99)(H,82,101)(H,87,100)(H,88,104)(H,102,103)(H,105,106)(H,107,108)(H,109,110)(H2,83,85,111)(H2,84,86,116)(H2,89,90,112)/b60-43-,91-80?. The third-order valence-corrected chi connectivity index (χ3v) is 18.7. The Morgan fingerprint density at radius 2 is 1.03 bits per heavy atom. The Morgan fingerprint density at radius 1 is 0.517 bits per heavy atom. The number of carboxylic acids is 4. The van der Waals surface area contributed by atoms with Crippen molar-refractivity contribution in [1.29, 1.82) is 5.53 Å². The monoisotopic (exact) mass is 1760 g/mol. The Morgan fingerprint density at radius 3 is 1.59 bits per heavy atom. The molecule has 11 amide bonds. The summed E-state index contributed by atoms with van der Waals surface area (Å²) >= 11 is 7.81. The number of primary amides is 4. The van der Waals surface area contributed by atoms with E-state index in [1.165, 1.54) is 6.20 Å². The number of nitrogens with two attached hydrogens (primary N) is 4. The second-order valence-electron chi connectivity index (χ2n) is 27.2. The number of ether oxygens (including phenoxy) is 3. The van der Waals surface area contributed by atoms with Gasteiger partial charge in [0, 0.05) is 118 Å². The lowest BCUT2D eigenvalue weighted by molar-refractivity contribution is -0.142. The highest BCUT2D eigenvalue weighted by molar-refractivity contribution is 14.1. The summed E-state index contributed by atoms with van der Waals surface area (Å²) < 4.78 is 17.9. The summed E-state index contributed by atoms with van der Waals surface area (Å²) in [5.41, 5.74) is 33.9. The molecule has 1 fully saturated rings. The quantitative estimate of drug-likeness (QED) is 0.0151. The van der Waals surface area contributed by atoms with Crippen LogP contribution in [0.3, 0.4) is 0 Å². The Kier molecular flexibility index (Phi) is 47.3. The van der Waals surface area contributed by atoms with Crippen molar-refractivity contribution in [1.82, 2.24) is 62.1 Å². The molecule has 5 unspecified atom stereocenters. The van der Waals surface area contributed by atoms with E-state index in [1.807, 2.05) is 68.1 Å². The average molecular weight is 1760 g/mol. The molecule has 1 saturated heterocycles. The van der Waals surface area contributed by atoms with E-state index in [4.69, 9.17) is 60.0 Å². The first-order valence-electron chi connectivity index (χ1n) is 37.9. The molecular formula is C74H111IN20O20S. The van der Waals surface area contributed by atoms with E-state index in [0.29, 0.717) is 114 Å². The SMILES string of the molecule is N=N/C(=C\NCCOCCOCCOCCC(=O)NC(CCCCNC(=S)Nc1ccc(CC2CN(CC(N)=O)CCN(CC(N)=O)CCN(CC(N)=O)CCN2CC(N)=O)cc1)C(=O)NC(CCCCNC(=O)Cc1ccc(I)cc1)C(=O)O)c1cccc(NC(=O)NCCCCC(NC(=O)NC(CCC(=O)O)C(=O)O)C(=O)O)c1. The lowest BCUT2D eigenvalue weighted by Gasteiger charge is -2.38. The Hall–Kier alpha value is -10.3. The van der Waals surface area contributed by atoms with Gasteiger partial charge in [-0.3, -0.25) is 58.0 Å². The summed E-state index contributed by atoms with van der Waals surface area (Å²) in [6, 6.07) is 14.1. The number of nitrogens with one attached hydrogen (secondary N) is 11. The number of nitrogens with zero attached hydrogens (tertiary/aromatic N) is 5. The fourth-order valence-electron chi connectivity index (χ4n) is 11.9. The molecule has 40 nitrogen and oxygen atoms in total. The van der Waals surface area contributed by atoms with Crippen molar-refractivity contribution < 1.29 is 97.0 Å². The highest BCUT2D eigenvalue weighted by Gasteiger charge is 2.30. The number of amides is 11. The van der Waals surface area contributed by atoms with Crippen LogP contribution in [0.5, 0.6) is 0 Å². The minimum Gasteiger partial charge on any atom is -0.481 e. The summed E-state index contributed by atoms with van der Waals surface area (Å²) in [6.45, 7) is 4.02. The molecule has 1 aliphatic heterocycles. The van der Waals surface area contributed by atoms with E-state index in [0.717, 1.165) is 14.7 Å². The molecule has 0 radical (unpaired) electrons. The smallest absolute Gasteiger partial charge is 0.326 e. The van der Waals surface area contributed by atoms with E-state index in [-0.39, 0.29) is 134 Å². The van der Waals surface area contributed by atoms with Gasteiger partial charge in [0.25, 0.3) is 0 Å². The van der Waals surface area contributed by atoms with E-state index in [9.17, 15) is 77.6 Å². The van der Waals surface area contributed by atoms with Gasteiger partial charge >= 0.3 is 35.9 Å². The first-order chi connectivity index (χ1) is 55.4. The maximum absolute atomic E-state index is 13.9. The number of rotatable bonds is 55. The van der Waals surface area contributed by atoms with Crippen molar-refractivity contribution in [3.05, 3.63) is 99.3 Å². The topological polar surface area (TPSA) is 604 Å². The number of hydrogen-bond acceptors (Lipinski definition) is 24. The van der Waals surface area contributed by atoms with Crippen molar-refractivity contribution in [2.45, 2.75) is 120 Å². The molecule has 1 aliphatic rings. The van der Waals surface area contributed by atoms with Crippen LogP contribution in [-0.4, -0.2) is 290 Å². The van der Waals surface area contributed by atoms with Crippen molar-refractivity contribution in [2.75, 3.05) is 148 Å². The summed E-state index contributed by atoms with van der Waals surface area (Å²) in [5.74, 6) is -9.04. The van der Waals surface area contributed by atoms with Crippen LogP contribution in [-0.2, 0) is 79.8 Å². The van der Waals surface area contributed by atoms with Crippen LogP contribution >= 0.6 is 34.8 Å². The fraction of sp³-hybridized carbons (Fsp3) is 0.541. The minimum atomic E-state index is -1.55. The molecule has 116 heavy (non-hydrogen) atoms. The van der Waals surface area contributed by atoms with Gasteiger partial charge < -0.3 is 111 Å². The number of carbonyl (C=O) groups is 13. The number of carbonyl (C=O) groups excluding carboxylic acids is 9. The summed E-state index contributed by atoms with van der Waals surface area (Å²) in [6.07, 6.45) is 3.35. The molecule has 0 spiro atoms. The van der Waals surface area contributed by atoms with Gasteiger partial charge in [-0.25, -0.2) is 29.5 Å². The molecule has 640 valence electrons. The molecule has 1 heterocycles. The Labute approximate surface area is 691 Å². The zero-order valence-corrected chi connectivity index (χ0v) is 67.8. The number of thiocarbonyl (C=S) groups is 1. The van der Waals surface area contributed by atoms with E-state index in [2.05, 4.69) is 80.9 Å². The number of halogens is 1. The molecule has 3 aromatic rings. The van der Waals surface area contributed by atoms with Crippen LogP contribution in [0.15, 0.2) is 84.1 Å². The van der Waals surface area contributed by atoms with Crippen molar-refractivity contribution >= 4 is 134 Å². The zero-order chi connectivity index (χ0) is 85.2. The van der Waals surface area contributed by atoms with Crippen LogP contribution in [0.1, 0.15) is 93.7 Å². The van der Waals surface area contributed by atoms with Crippen LogP contribution in [0, 0.1) is 9.10 Å². The van der Waals surface area contributed by atoms with Gasteiger partial charge in [-0.2, -0.15) is 5.11 Å². The van der Waals surface area contributed by atoms with Gasteiger partial charge in [-0.05, 0) is 153 Å². The van der Waals surface area contributed by atoms with Crippen LogP contribution in [0.25, 0.3) is 5.70 Å². The van der Waals surface area contributed by atoms with E-state index < -0.39 is 114 Å². The van der Waals surface area contributed by atoms with Gasteiger partial charge in [0.2, 0.25) is 41.4 Å². The maximum atomic E-state index is 13.9. The first-order valence-corrected chi connectivity index (χ1v) is 39.4. The summed E-state index contributed by atoms with van der Waals surface area (Å²) in [4.78, 5) is 168. The summed E-state index contributed by atoms with van der Waals surface area (Å²) in [7, 11) is 0. The largest absolute Gasteiger partial charge is 0.481 e. The maximum Gasteiger partial charge on any atom is 0.326 e. The molecular weight excluding hydrogens is 1650 g/mol. The molecule has 0 aliphatic carbocycles. The predicted molar refractivity (Wildman–Crippen MR) is 438 cm³/mol. The van der Waals surface area contributed by atoms with Gasteiger partial charge in [0.05, 0.1) is 72.2 Å². The second kappa shape index (κ2) is 56.0. The molecule has 23 N–H and O–H groups in total. The van der Waals surface area contributed by atoms with Gasteiger partial charge in [0.1, 0.15) is 29.9 Å². The lowest BCUT2D eigenvalue weighted by Crippen LogP contribution is -2.54. The number of benzene rings is 3. The molecule has 4 rings (SSSR count). The highest BCUT2D eigenvalue weighted by Crippen LogP contribution is 2.21. The predicted octanol–water partition coefficient (Wildman–Crippen LogP) is -0.174. The molecule has 0 saturated carbocycles. The second-order valence-corrected chi connectivity index (χ2v) is 28.8. The summed E-state index contributed by atoms with van der Waals surface area (Å²) in [5, 5.41) is 68.8. The van der Waals surface area contributed by atoms with Gasteiger partial charge in [-0.1, -0.05) is 36.4 Å².